The standard InChI is InChI=1S/C26H38N2O3/c1-3-5-7-8-9-10-19-31-25-21-27-26(28-22-25)23-13-15-24(16-14-23)30-20-12-11-18-29-17-6-4-2/h9-10,13-16,21-22H,3-8,11-12,17-20H2,1-2H3/b10-9+. The van der Waals surface area contributed by atoms with Crippen molar-refractivity contribution in [3.63, 3.8) is 0 Å². The van der Waals surface area contributed by atoms with Gasteiger partial charge in [-0.1, -0.05) is 45.3 Å². The third-order valence-electron chi connectivity index (χ3n) is 4.82. The molecule has 2 aromatic rings. The summed E-state index contributed by atoms with van der Waals surface area (Å²) < 4.78 is 17.0. The van der Waals surface area contributed by atoms with E-state index in [-0.39, 0.29) is 0 Å². The van der Waals surface area contributed by atoms with E-state index >= 15 is 0 Å². The van der Waals surface area contributed by atoms with Crippen molar-refractivity contribution < 1.29 is 14.2 Å². The van der Waals surface area contributed by atoms with Crippen molar-refractivity contribution in [2.45, 2.75) is 65.2 Å². The van der Waals surface area contributed by atoms with Crippen LogP contribution in [-0.2, 0) is 4.74 Å². The van der Waals surface area contributed by atoms with E-state index in [1.54, 1.807) is 12.4 Å². The van der Waals surface area contributed by atoms with Crippen molar-refractivity contribution in [2.24, 2.45) is 0 Å². The first-order valence-corrected chi connectivity index (χ1v) is 11.7. The Hall–Kier alpha value is -2.40. The molecular weight excluding hydrogens is 388 g/mol. The van der Waals surface area contributed by atoms with Crippen LogP contribution in [0, 0.1) is 0 Å². The molecule has 0 spiro atoms. The van der Waals surface area contributed by atoms with Crippen LogP contribution in [0.1, 0.15) is 65.2 Å². The molecule has 0 aliphatic heterocycles. The van der Waals surface area contributed by atoms with E-state index < -0.39 is 0 Å². The Morgan fingerprint density at radius 1 is 0.710 bits per heavy atom. The summed E-state index contributed by atoms with van der Waals surface area (Å²) in [5.74, 6) is 2.22. The molecule has 0 N–H and O–H groups in total. The Balaban J connectivity index is 1.66. The lowest BCUT2D eigenvalue weighted by Gasteiger charge is -2.08. The molecule has 1 heterocycles. The number of hydrogen-bond donors (Lipinski definition) is 0. The van der Waals surface area contributed by atoms with Crippen molar-refractivity contribution in [3.8, 4) is 22.9 Å². The molecule has 0 saturated heterocycles. The van der Waals surface area contributed by atoms with E-state index in [1.165, 1.54) is 25.7 Å². The average molecular weight is 427 g/mol. The van der Waals surface area contributed by atoms with Gasteiger partial charge in [0.25, 0.3) is 0 Å². The Morgan fingerprint density at radius 2 is 1.42 bits per heavy atom. The first-order chi connectivity index (χ1) is 15.3. The first kappa shape index (κ1) is 24.9. The van der Waals surface area contributed by atoms with Gasteiger partial charge in [0.1, 0.15) is 12.4 Å². The largest absolute Gasteiger partial charge is 0.494 e. The minimum atomic E-state index is 0.547. The molecule has 0 amide bonds. The van der Waals surface area contributed by atoms with E-state index in [1.807, 2.05) is 24.3 Å². The minimum absolute atomic E-state index is 0.547. The summed E-state index contributed by atoms with van der Waals surface area (Å²) in [5.41, 5.74) is 0.957. The lowest BCUT2D eigenvalue weighted by Crippen LogP contribution is -2.01. The molecule has 0 radical (unpaired) electrons. The second-order valence-electron chi connectivity index (χ2n) is 7.57. The van der Waals surface area contributed by atoms with Gasteiger partial charge < -0.3 is 14.2 Å². The fraction of sp³-hybridized carbons (Fsp3) is 0.538. The number of rotatable bonds is 17. The van der Waals surface area contributed by atoms with Crippen molar-refractivity contribution in [3.05, 3.63) is 48.8 Å². The van der Waals surface area contributed by atoms with Crippen molar-refractivity contribution in [1.29, 1.82) is 0 Å². The van der Waals surface area contributed by atoms with Gasteiger partial charge in [-0.3, -0.25) is 0 Å². The second-order valence-corrected chi connectivity index (χ2v) is 7.57. The quantitative estimate of drug-likeness (QED) is 0.210. The molecule has 5 nitrogen and oxygen atoms in total. The van der Waals surface area contributed by atoms with E-state index in [2.05, 4.69) is 36.0 Å². The van der Waals surface area contributed by atoms with Crippen LogP contribution in [0.3, 0.4) is 0 Å². The molecule has 5 heteroatoms. The van der Waals surface area contributed by atoms with Crippen molar-refractivity contribution in [1.82, 2.24) is 9.97 Å². The average Bonchev–Trinajstić information content (AvgIpc) is 2.81. The summed E-state index contributed by atoms with van der Waals surface area (Å²) in [4.78, 5) is 8.84. The molecule has 0 aliphatic carbocycles. The van der Waals surface area contributed by atoms with Crippen LogP contribution < -0.4 is 9.47 Å². The summed E-state index contributed by atoms with van der Waals surface area (Å²) in [6.07, 6.45) is 16.9. The highest BCUT2D eigenvalue weighted by molar-refractivity contribution is 5.56. The fourth-order valence-electron chi connectivity index (χ4n) is 2.93. The zero-order chi connectivity index (χ0) is 22.0. The summed E-state index contributed by atoms with van der Waals surface area (Å²) in [6, 6.07) is 7.89. The third kappa shape index (κ3) is 11.0. The highest BCUT2D eigenvalue weighted by Gasteiger charge is 2.03. The SMILES string of the molecule is CCCCC/C=C/COc1cnc(-c2ccc(OCCCCOCCCC)cc2)nc1. The number of aromatic nitrogens is 2. The van der Waals surface area contributed by atoms with Gasteiger partial charge in [-0.05, 0) is 56.4 Å². The molecule has 31 heavy (non-hydrogen) atoms. The van der Waals surface area contributed by atoms with E-state index in [4.69, 9.17) is 14.2 Å². The van der Waals surface area contributed by atoms with Gasteiger partial charge in [-0.2, -0.15) is 0 Å². The summed E-state index contributed by atoms with van der Waals surface area (Å²) in [5, 5.41) is 0. The normalized spacial score (nSPS) is 11.2. The Bertz CT molecular complexity index is 714. The molecule has 0 atom stereocenters. The maximum absolute atomic E-state index is 5.81. The van der Waals surface area contributed by atoms with Crippen molar-refractivity contribution >= 4 is 0 Å². The summed E-state index contributed by atoms with van der Waals surface area (Å²) in [6.45, 7) is 7.32. The van der Waals surface area contributed by atoms with Crippen LogP contribution >= 0.6 is 0 Å². The minimum Gasteiger partial charge on any atom is -0.494 e. The Labute approximate surface area is 187 Å². The topological polar surface area (TPSA) is 53.5 Å². The van der Waals surface area contributed by atoms with E-state index in [9.17, 15) is 0 Å². The lowest BCUT2D eigenvalue weighted by atomic mass is 10.2. The van der Waals surface area contributed by atoms with Gasteiger partial charge >= 0.3 is 0 Å². The molecule has 0 saturated carbocycles. The van der Waals surface area contributed by atoms with Gasteiger partial charge in [0.2, 0.25) is 0 Å². The number of allylic oxidation sites excluding steroid dienone is 1. The molecule has 2 rings (SSSR count). The van der Waals surface area contributed by atoms with E-state index in [0.717, 1.165) is 50.2 Å². The first-order valence-electron chi connectivity index (χ1n) is 11.7. The maximum atomic E-state index is 5.81. The lowest BCUT2D eigenvalue weighted by molar-refractivity contribution is 0.123. The van der Waals surface area contributed by atoms with Gasteiger partial charge in [-0.25, -0.2) is 9.97 Å². The van der Waals surface area contributed by atoms with Crippen LogP contribution in [0.4, 0.5) is 0 Å². The van der Waals surface area contributed by atoms with Gasteiger partial charge in [0, 0.05) is 18.8 Å². The molecule has 0 unspecified atom stereocenters. The third-order valence-corrected chi connectivity index (χ3v) is 4.82. The second kappa shape index (κ2) is 16.3. The Kier molecular flexibility index (Phi) is 13.1. The van der Waals surface area contributed by atoms with Crippen molar-refractivity contribution in [2.75, 3.05) is 26.4 Å². The molecule has 0 bridgehead atoms. The molecular formula is C26H38N2O3. The van der Waals surface area contributed by atoms with E-state index in [0.29, 0.717) is 24.8 Å². The highest BCUT2D eigenvalue weighted by atomic mass is 16.5. The number of ether oxygens (including phenoxy) is 3. The smallest absolute Gasteiger partial charge is 0.159 e. The van der Waals surface area contributed by atoms with Gasteiger partial charge in [0.05, 0.1) is 19.0 Å². The van der Waals surface area contributed by atoms with Crippen LogP contribution in [0.25, 0.3) is 11.4 Å². The van der Waals surface area contributed by atoms with Crippen LogP contribution in [-0.4, -0.2) is 36.4 Å². The van der Waals surface area contributed by atoms with Crippen LogP contribution in [0.2, 0.25) is 0 Å². The zero-order valence-corrected chi connectivity index (χ0v) is 19.2. The number of nitrogens with zero attached hydrogens (tertiary/aromatic N) is 2. The monoisotopic (exact) mass is 426 g/mol. The van der Waals surface area contributed by atoms with Crippen LogP contribution in [0.15, 0.2) is 48.8 Å². The maximum Gasteiger partial charge on any atom is 0.159 e. The summed E-state index contributed by atoms with van der Waals surface area (Å²) in [7, 11) is 0. The Morgan fingerprint density at radius 3 is 2.16 bits per heavy atom. The molecule has 0 aliphatic rings. The summed E-state index contributed by atoms with van der Waals surface area (Å²) >= 11 is 0. The molecule has 0 fully saturated rings. The molecule has 1 aromatic heterocycles. The van der Waals surface area contributed by atoms with Crippen LogP contribution in [0.5, 0.6) is 11.5 Å². The predicted octanol–water partition coefficient (Wildman–Crippen LogP) is 6.63. The van der Waals surface area contributed by atoms with Gasteiger partial charge in [0.15, 0.2) is 11.6 Å². The highest BCUT2D eigenvalue weighted by Crippen LogP contribution is 2.20. The number of benzene rings is 1. The molecule has 1 aromatic carbocycles. The predicted molar refractivity (Wildman–Crippen MR) is 127 cm³/mol. The molecule has 170 valence electrons. The fourth-order valence-corrected chi connectivity index (χ4v) is 2.93. The number of hydrogen-bond acceptors (Lipinski definition) is 5. The number of unbranched alkanes of at least 4 members (excludes halogenated alkanes) is 5. The zero-order valence-electron chi connectivity index (χ0n) is 19.2. The van der Waals surface area contributed by atoms with Gasteiger partial charge in [-0.15, -0.1) is 0 Å².